The van der Waals surface area contributed by atoms with Gasteiger partial charge in [-0.1, -0.05) is 79.5 Å². The van der Waals surface area contributed by atoms with Gasteiger partial charge < -0.3 is 57.9 Å². The summed E-state index contributed by atoms with van der Waals surface area (Å²) in [7, 11) is -2.59. The Morgan fingerprint density at radius 1 is 0.930 bits per heavy atom. The second-order valence-corrected chi connectivity index (χ2v) is 26.4. The molecule has 1 aromatic rings. The number of hydrogen-bond acceptors (Lipinski definition) is 16. The van der Waals surface area contributed by atoms with Gasteiger partial charge in [0.05, 0.1) is 30.2 Å². The molecule has 1 aromatic carbocycles. The van der Waals surface area contributed by atoms with Crippen LogP contribution in [-0.2, 0) is 56.7 Å². The average Bonchev–Trinajstić information content (AvgIpc) is 3.28. The van der Waals surface area contributed by atoms with Crippen LogP contribution in [0, 0.1) is 16.7 Å². The molecule has 0 radical (unpaired) electrons. The molecule has 71 heavy (non-hydrogen) atoms. The Balaban J connectivity index is 1.83. The molecule has 18 heteroatoms. The zero-order valence-electron chi connectivity index (χ0n) is 44.8. The van der Waals surface area contributed by atoms with Gasteiger partial charge in [0.1, 0.15) is 35.6 Å². The topological polar surface area (TPSA) is 221 Å². The van der Waals surface area contributed by atoms with Crippen molar-refractivity contribution in [3.8, 4) is 0 Å². The van der Waals surface area contributed by atoms with E-state index in [9.17, 15) is 29.4 Å². The average molecular weight is 1020 g/mol. The minimum atomic E-state index is -2.59. The molecular formula is C53H83NO16Si. The summed E-state index contributed by atoms with van der Waals surface area (Å²) in [6, 6.07) is 9.43. The summed E-state index contributed by atoms with van der Waals surface area (Å²) in [5, 5.41) is 30.7. The summed E-state index contributed by atoms with van der Waals surface area (Å²) < 4.78 is 57.3. The van der Waals surface area contributed by atoms with Crippen molar-refractivity contribution in [2.24, 2.45) is 16.7 Å². The van der Waals surface area contributed by atoms with Crippen LogP contribution in [0.1, 0.15) is 146 Å². The fourth-order valence-electron chi connectivity index (χ4n) is 11.9. The van der Waals surface area contributed by atoms with Crippen LogP contribution < -0.4 is 5.32 Å². The van der Waals surface area contributed by atoms with Crippen molar-refractivity contribution < 1.29 is 76.5 Å². The first kappa shape index (κ1) is 58.0. The van der Waals surface area contributed by atoms with Crippen LogP contribution in [0.15, 0.2) is 41.5 Å². The lowest BCUT2D eigenvalue weighted by Gasteiger charge is -2.70. The van der Waals surface area contributed by atoms with E-state index in [4.69, 9.17) is 42.3 Å². The maximum atomic E-state index is 15.1. The van der Waals surface area contributed by atoms with Gasteiger partial charge in [-0.2, -0.15) is 0 Å². The smallest absolute Gasteiger partial charge is 0.407 e. The summed E-state index contributed by atoms with van der Waals surface area (Å²) in [6.45, 7) is 26.1. The quantitative estimate of drug-likeness (QED) is 0.0372. The van der Waals surface area contributed by atoms with E-state index in [1.165, 1.54) is 13.8 Å². The summed E-state index contributed by atoms with van der Waals surface area (Å²) >= 11 is 0. The van der Waals surface area contributed by atoms with Crippen LogP contribution in [-0.4, -0.2) is 134 Å². The number of fused-ring (bicyclic) bond motifs is 5. The number of aliphatic hydroxyl groups is 2. The lowest BCUT2D eigenvalue weighted by atomic mass is 9.44. The van der Waals surface area contributed by atoms with Crippen molar-refractivity contribution in [3.05, 3.63) is 47.0 Å². The number of hydrogen-bond donors (Lipinski definition) is 3. The Hall–Kier alpha value is -3.91. The fourth-order valence-corrected chi connectivity index (χ4v) is 14.9. The third kappa shape index (κ3) is 11.6. The fraction of sp³-hybridized carbons (Fsp3) is 0.755. The van der Waals surface area contributed by atoms with Gasteiger partial charge in [0.15, 0.2) is 32.4 Å². The number of nitrogens with one attached hydrogen (secondary N) is 1. The molecule has 1 aliphatic heterocycles. The van der Waals surface area contributed by atoms with Crippen LogP contribution in [0.2, 0.25) is 18.1 Å². The molecule has 400 valence electrons. The number of alkyl carbamates (subject to hydrolysis) is 1. The molecule has 4 aliphatic rings. The molecule has 3 aliphatic carbocycles. The van der Waals surface area contributed by atoms with E-state index in [0.717, 1.165) is 18.1 Å². The Kier molecular flexibility index (Phi) is 18.5. The van der Waals surface area contributed by atoms with Crippen LogP contribution in [0.5, 0.6) is 0 Å². The van der Waals surface area contributed by atoms with E-state index < -0.39 is 133 Å². The van der Waals surface area contributed by atoms with E-state index in [2.05, 4.69) is 26.1 Å². The number of unbranched alkanes of at least 4 members (excludes halogenated alkanes) is 1. The second kappa shape index (κ2) is 22.7. The first-order chi connectivity index (χ1) is 33.1. The number of esters is 4. The molecule has 1 saturated heterocycles. The highest BCUT2D eigenvalue weighted by Gasteiger charge is 2.78. The van der Waals surface area contributed by atoms with Gasteiger partial charge >= 0.3 is 30.0 Å². The predicted octanol–water partition coefficient (Wildman–Crippen LogP) is 7.88. The predicted molar refractivity (Wildman–Crippen MR) is 264 cm³/mol. The highest BCUT2D eigenvalue weighted by atomic mass is 28.4. The molecule has 2 bridgehead atoms. The summed E-state index contributed by atoms with van der Waals surface area (Å²) in [6.07, 6.45) is -9.87. The molecular weight excluding hydrogens is 935 g/mol. The molecule has 3 fully saturated rings. The van der Waals surface area contributed by atoms with Gasteiger partial charge in [0.25, 0.3) is 0 Å². The molecule has 1 amide bonds. The molecule has 5 rings (SSSR count). The largest absolute Gasteiger partial charge is 0.456 e. The van der Waals surface area contributed by atoms with Gasteiger partial charge in [0.2, 0.25) is 0 Å². The molecule has 17 nitrogen and oxygen atoms in total. The van der Waals surface area contributed by atoms with Gasteiger partial charge in [0, 0.05) is 44.1 Å². The van der Waals surface area contributed by atoms with Gasteiger partial charge in [-0.25, -0.2) is 14.4 Å². The lowest BCUT2D eigenvalue weighted by Crippen LogP contribution is -2.83. The SMILES string of the molecule is CCCC[C@H](NC(=O)OC(C)(C)C)[C@@H](OC(C)OCC)C(=O)O[C@H]1C[C@@]2(O)[C@@H](OC(=O)c3ccccc3)[C@@H]3[C@]4(OC(C)=O)CO[C@@H]4C[C@H](O[Si](CC)(CC)CC)[C@@]3(C)[C@@H](O)[C@H](OC(C)=O)C(=C1C)C2(C)C. The number of ether oxygens (including phenoxy) is 8. The van der Waals surface area contributed by atoms with Gasteiger partial charge in [-0.15, -0.1) is 0 Å². The van der Waals surface area contributed by atoms with Crippen molar-refractivity contribution >= 4 is 38.3 Å². The summed E-state index contributed by atoms with van der Waals surface area (Å²) in [5.74, 6) is -4.49. The zero-order valence-corrected chi connectivity index (χ0v) is 45.8. The van der Waals surface area contributed by atoms with E-state index in [1.807, 2.05) is 6.92 Å². The van der Waals surface area contributed by atoms with E-state index in [-0.39, 0.29) is 37.2 Å². The molecule has 1 heterocycles. The van der Waals surface area contributed by atoms with Gasteiger partial charge in [-0.05, 0) is 89.4 Å². The van der Waals surface area contributed by atoms with E-state index in [1.54, 1.807) is 92.6 Å². The molecule has 2 saturated carbocycles. The summed E-state index contributed by atoms with van der Waals surface area (Å²) in [5.41, 5.74) is -7.23. The molecule has 0 aromatic heterocycles. The standard InChI is InChI=1S/C53H83NO16Si/c1-16-21-27-36(54-48(60)69-49(10,11)12)41(65-34(9)62-17-2)47(59)66-37-29-53(61)45(67-46(58)35-25-23-22-24-26-35)43-51(15,44(57)42(64-32(7)55)40(31(37)6)50(53,13)14)38(70-71(18-3,19-4)20-5)28-39-52(43,30-63-39)68-33(8)56/h22-26,34,36-39,41-45,57,61H,16-21,27-30H2,1-15H3,(H,54,60)/t34?,36-,37-,38-,39+,41+,42+,43-,44-,45-,51+,52-,53+/m0/s1. The highest BCUT2D eigenvalue weighted by Crippen LogP contribution is 2.66. The van der Waals surface area contributed by atoms with Crippen LogP contribution in [0.4, 0.5) is 4.79 Å². The second-order valence-electron chi connectivity index (χ2n) is 21.7. The molecule has 1 unspecified atom stereocenters. The number of amides is 1. The lowest BCUT2D eigenvalue weighted by molar-refractivity contribution is -0.363. The Morgan fingerprint density at radius 2 is 1.56 bits per heavy atom. The number of rotatable bonds is 20. The van der Waals surface area contributed by atoms with Crippen molar-refractivity contribution in [1.82, 2.24) is 5.32 Å². The molecule has 13 atom stereocenters. The Bertz CT molecular complexity index is 2080. The number of benzene rings is 1. The Morgan fingerprint density at radius 3 is 2.08 bits per heavy atom. The van der Waals surface area contributed by atoms with E-state index >= 15 is 4.79 Å². The highest BCUT2D eigenvalue weighted by molar-refractivity contribution is 6.73. The van der Waals surface area contributed by atoms with Gasteiger partial charge in [-0.3, -0.25) is 9.59 Å². The maximum Gasteiger partial charge on any atom is 0.407 e. The third-order valence-electron chi connectivity index (χ3n) is 15.9. The maximum absolute atomic E-state index is 15.1. The normalized spacial score (nSPS) is 31.4. The first-order valence-corrected chi connectivity index (χ1v) is 28.2. The molecule has 3 N–H and O–H groups in total. The summed E-state index contributed by atoms with van der Waals surface area (Å²) in [4.78, 5) is 70.2. The van der Waals surface area contributed by atoms with Crippen LogP contribution in [0.3, 0.4) is 0 Å². The minimum Gasteiger partial charge on any atom is -0.456 e. The zero-order chi connectivity index (χ0) is 53.1. The van der Waals surface area contributed by atoms with Crippen molar-refractivity contribution in [2.75, 3.05) is 13.2 Å². The van der Waals surface area contributed by atoms with Crippen molar-refractivity contribution in [1.29, 1.82) is 0 Å². The van der Waals surface area contributed by atoms with Crippen LogP contribution in [0.25, 0.3) is 0 Å². The first-order valence-electron chi connectivity index (χ1n) is 25.7. The minimum absolute atomic E-state index is 0.149. The van der Waals surface area contributed by atoms with Crippen molar-refractivity contribution in [3.63, 3.8) is 0 Å². The number of carbonyl (C=O) groups excluding carboxylic acids is 5. The monoisotopic (exact) mass is 1020 g/mol. The number of aliphatic hydroxyl groups excluding tert-OH is 1. The Labute approximate surface area is 421 Å². The third-order valence-corrected chi connectivity index (χ3v) is 20.5. The van der Waals surface area contributed by atoms with E-state index in [0.29, 0.717) is 18.4 Å². The van der Waals surface area contributed by atoms with Crippen molar-refractivity contribution in [2.45, 2.75) is 226 Å². The van der Waals surface area contributed by atoms with Crippen LogP contribution >= 0.6 is 0 Å². The number of carbonyl (C=O) groups is 5. The molecule has 0 spiro atoms.